The van der Waals surface area contributed by atoms with Crippen LogP contribution in [-0.2, 0) is 0 Å². The molecule has 0 spiro atoms. The Bertz CT molecular complexity index is 563. The maximum atomic E-state index is 11.2. The Hall–Kier alpha value is -2.10. The minimum absolute atomic E-state index is 0.0951. The number of fused-ring (bicyclic) bond motifs is 1. The number of aromatic nitrogens is 1. The lowest BCUT2D eigenvalue weighted by atomic mass is 10.1. The maximum absolute atomic E-state index is 11.2. The van der Waals surface area contributed by atoms with E-state index in [-0.39, 0.29) is 17.2 Å². The number of hydrogen-bond donors (Lipinski definition) is 1. The summed E-state index contributed by atoms with van der Waals surface area (Å²) in [5.41, 5.74) is 0.751. The molecule has 4 nitrogen and oxygen atoms in total. The van der Waals surface area contributed by atoms with Crippen molar-refractivity contribution in [3.8, 4) is 11.5 Å². The summed E-state index contributed by atoms with van der Waals surface area (Å²) in [6, 6.07) is 6.78. The molecule has 1 aromatic heterocycles. The number of methoxy groups -OCH3 is 1. The molecular formula is C12H11NO3. The third-order valence-corrected chi connectivity index (χ3v) is 2.34. The number of nitrogens with zero attached hydrogens (tertiary/aromatic N) is 1. The summed E-state index contributed by atoms with van der Waals surface area (Å²) in [6.07, 6.45) is 0. The summed E-state index contributed by atoms with van der Waals surface area (Å²) in [5.74, 6) is 0.327. The summed E-state index contributed by atoms with van der Waals surface area (Å²) in [7, 11) is 1.57. The van der Waals surface area contributed by atoms with Crippen LogP contribution in [0.15, 0.2) is 24.3 Å². The second-order valence-corrected chi connectivity index (χ2v) is 3.47. The second-order valence-electron chi connectivity index (χ2n) is 3.47. The average Bonchev–Trinajstić information content (AvgIpc) is 2.27. The van der Waals surface area contributed by atoms with Crippen LogP contribution in [0.4, 0.5) is 0 Å². The van der Waals surface area contributed by atoms with Crippen LogP contribution in [0.5, 0.6) is 11.5 Å². The Morgan fingerprint density at radius 2 is 2.12 bits per heavy atom. The number of hydrogen-bond acceptors (Lipinski definition) is 4. The van der Waals surface area contributed by atoms with Crippen LogP contribution in [0, 0.1) is 0 Å². The van der Waals surface area contributed by atoms with Crippen LogP contribution < -0.4 is 4.74 Å². The normalized spacial score (nSPS) is 10.4. The van der Waals surface area contributed by atoms with Gasteiger partial charge in [0.15, 0.2) is 5.78 Å². The molecule has 0 saturated carbocycles. The van der Waals surface area contributed by atoms with Crippen molar-refractivity contribution in [2.24, 2.45) is 0 Å². The lowest BCUT2D eigenvalue weighted by molar-refractivity contribution is 0.101. The first-order valence-corrected chi connectivity index (χ1v) is 4.80. The van der Waals surface area contributed by atoms with Gasteiger partial charge in [-0.1, -0.05) is 0 Å². The first kappa shape index (κ1) is 10.4. The topological polar surface area (TPSA) is 59.4 Å². The Morgan fingerprint density at radius 3 is 2.75 bits per heavy atom. The molecule has 0 radical (unpaired) electrons. The zero-order valence-electron chi connectivity index (χ0n) is 9.02. The molecule has 82 valence electrons. The number of ketones is 1. The summed E-state index contributed by atoms with van der Waals surface area (Å²) in [4.78, 5) is 15.3. The fourth-order valence-electron chi connectivity index (χ4n) is 1.53. The molecule has 2 rings (SSSR count). The van der Waals surface area contributed by atoms with E-state index in [1.807, 2.05) is 0 Å². The van der Waals surface area contributed by atoms with Crippen molar-refractivity contribution >= 4 is 16.7 Å². The van der Waals surface area contributed by atoms with Crippen LogP contribution in [0.3, 0.4) is 0 Å². The molecule has 0 aliphatic carbocycles. The number of carbonyl (C=O) groups excluding carboxylic acids is 1. The van der Waals surface area contributed by atoms with Crippen molar-refractivity contribution in [2.75, 3.05) is 7.11 Å². The highest BCUT2D eigenvalue weighted by Crippen LogP contribution is 2.25. The fraction of sp³-hybridized carbons (Fsp3) is 0.167. The summed E-state index contributed by atoms with van der Waals surface area (Å²) >= 11 is 0. The smallest absolute Gasteiger partial charge is 0.181 e. The van der Waals surface area contributed by atoms with Gasteiger partial charge in [0.2, 0.25) is 0 Å². The Kier molecular flexibility index (Phi) is 2.48. The van der Waals surface area contributed by atoms with E-state index in [1.165, 1.54) is 13.0 Å². The van der Waals surface area contributed by atoms with Crippen molar-refractivity contribution in [1.82, 2.24) is 4.98 Å². The molecule has 2 aromatic rings. The Labute approximate surface area is 92.5 Å². The number of carbonyl (C=O) groups is 1. The zero-order chi connectivity index (χ0) is 11.7. The van der Waals surface area contributed by atoms with Crippen LogP contribution in [-0.4, -0.2) is 23.0 Å². The van der Waals surface area contributed by atoms with Gasteiger partial charge in [0.05, 0.1) is 12.6 Å². The van der Waals surface area contributed by atoms with Gasteiger partial charge in [-0.2, -0.15) is 0 Å². The molecule has 4 heteroatoms. The van der Waals surface area contributed by atoms with E-state index in [2.05, 4.69) is 4.98 Å². The van der Waals surface area contributed by atoms with Gasteiger partial charge in [-0.05, 0) is 24.3 Å². The minimum Gasteiger partial charge on any atom is -0.506 e. The number of rotatable bonds is 2. The highest BCUT2D eigenvalue weighted by molar-refractivity contribution is 5.97. The SMILES string of the molecule is COc1ccc2nc(C(C)=O)c(O)cc2c1. The highest BCUT2D eigenvalue weighted by atomic mass is 16.5. The van der Waals surface area contributed by atoms with Crippen LogP contribution in [0.2, 0.25) is 0 Å². The predicted molar refractivity (Wildman–Crippen MR) is 60.0 cm³/mol. The van der Waals surface area contributed by atoms with E-state index in [9.17, 15) is 9.90 Å². The molecule has 1 N–H and O–H groups in total. The third-order valence-electron chi connectivity index (χ3n) is 2.34. The van der Waals surface area contributed by atoms with E-state index in [1.54, 1.807) is 25.3 Å². The molecule has 0 bridgehead atoms. The molecule has 0 saturated heterocycles. The number of pyridine rings is 1. The molecule has 16 heavy (non-hydrogen) atoms. The second kappa shape index (κ2) is 3.81. The molecule has 1 aromatic carbocycles. The lowest BCUT2D eigenvalue weighted by Gasteiger charge is -2.05. The predicted octanol–water partition coefficient (Wildman–Crippen LogP) is 2.15. The van der Waals surface area contributed by atoms with Crippen molar-refractivity contribution in [3.05, 3.63) is 30.0 Å². The third kappa shape index (κ3) is 1.69. The Balaban J connectivity index is 2.68. The molecule has 1 heterocycles. The average molecular weight is 217 g/mol. The van der Waals surface area contributed by atoms with Crippen LogP contribution >= 0.6 is 0 Å². The summed E-state index contributed by atoms with van der Waals surface area (Å²) in [6.45, 7) is 1.37. The molecule has 0 atom stereocenters. The van der Waals surface area contributed by atoms with Gasteiger partial charge in [0.1, 0.15) is 17.2 Å². The summed E-state index contributed by atoms with van der Waals surface area (Å²) < 4.78 is 5.06. The quantitative estimate of drug-likeness (QED) is 0.783. The van der Waals surface area contributed by atoms with Crippen LogP contribution in [0.25, 0.3) is 10.9 Å². The maximum Gasteiger partial charge on any atom is 0.181 e. The van der Waals surface area contributed by atoms with Crippen molar-refractivity contribution in [3.63, 3.8) is 0 Å². The molecule has 0 aliphatic heterocycles. The molecule has 0 unspecified atom stereocenters. The molecule has 0 amide bonds. The van der Waals surface area contributed by atoms with Gasteiger partial charge in [-0.15, -0.1) is 0 Å². The molecular weight excluding hydrogens is 206 g/mol. The van der Waals surface area contributed by atoms with Crippen molar-refractivity contribution < 1.29 is 14.6 Å². The van der Waals surface area contributed by atoms with E-state index < -0.39 is 0 Å². The highest BCUT2D eigenvalue weighted by Gasteiger charge is 2.10. The van der Waals surface area contributed by atoms with E-state index in [4.69, 9.17) is 4.74 Å². The van der Waals surface area contributed by atoms with E-state index in [0.29, 0.717) is 11.3 Å². The van der Waals surface area contributed by atoms with Gasteiger partial charge >= 0.3 is 0 Å². The minimum atomic E-state index is -0.254. The van der Waals surface area contributed by atoms with Gasteiger partial charge in [-0.25, -0.2) is 4.98 Å². The number of aromatic hydroxyl groups is 1. The zero-order valence-corrected chi connectivity index (χ0v) is 9.02. The first-order chi connectivity index (χ1) is 7.61. The Morgan fingerprint density at radius 1 is 1.38 bits per heavy atom. The largest absolute Gasteiger partial charge is 0.506 e. The number of benzene rings is 1. The monoisotopic (exact) mass is 217 g/mol. The van der Waals surface area contributed by atoms with Crippen molar-refractivity contribution in [2.45, 2.75) is 6.92 Å². The molecule has 0 fully saturated rings. The van der Waals surface area contributed by atoms with Crippen molar-refractivity contribution in [1.29, 1.82) is 0 Å². The first-order valence-electron chi connectivity index (χ1n) is 4.80. The van der Waals surface area contributed by atoms with Crippen LogP contribution in [0.1, 0.15) is 17.4 Å². The fourth-order valence-corrected chi connectivity index (χ4v) is 1.53. The van der Waals surface area contributed by atoms with Gasteiger partial charge in [0.25, 0.3) is 0 Å². The number of ether oxygens (including phenoxy) is 1. The molecule has 0 aliphatic rings. The number of Topliss-reactive ketones (excluding diaryl/α,β-unsaturated/α-hetero) is 1. The standard InChI is InChI=1S/C12H11NO3/c1-7(14)12-11(15)6-8-5-9(16-2)3-4-10(8)13-12/h3-6,15H,1-2H3. The summed E-state index contributed by atoms with van der Waals surface area (Å²) in [5, 5.41) is 10.4. The van der Waals surface area contributed by atoms with E-state index in [0.717, 1.165) is 5.39 Å². The lowest BCUT2D eigenvalue weighted by Crippen LogP contribution is -1.97. The van der Waals surface area contributed by atoms with E-state index >= 15 is 0 Å². The van der Waals surface area contributed by atoms with Gasteiger partial charge < -0.3 is 9.84 Å². The van der Waals surface area contributed by atoms with Gasteiger partial charge in [0, 0.05) is 12.3 Å². The van der Waals surface area contributed by atoms with Gasteiger partial charge in [-0.3, -0.25) is 4.79 Å².